The Hall–Kier alpha value is -2.31. The van der Waals surface area contributed by atoms with Crippen LogP contribution in [-0.4, -0.2) is 59.2 Å². The molecule has 0 unspecified atom stereocenters. The topological polar surface area (TPSA) is 82.9 Å². The summed E-state index contributed by atoms with van der Waals surface area (Å²) in [4.78, 5) is 41.0. The molecule has 0 aromatic carbocycles. The highest BCUT2D eigenvalue weighted by molar-refractivity contribution is 6.08. The summed E-state index contributed by atoms with van der Waals surface area (Å²) >= 11 is 0. The van der Waals surface area contributed by atoms with Crippen molar-refractivity contribution in [2.75, 3.05) is 26.2 Å². The van der Waals surface area contributed by atoms with Gasteiger partial charge in [-0.15, -0.1) is 0 Å². The van der Waals surface area contributed by atoms with Crippen molar-refractivity contribution >= 4 is 17.7 Å². The first kappa shape index (κ1) is 17.5. The zero-order valence-corrected chi connectivity index (χ0v) is 15.0. The normalized spacial score (nSPS) is 19.5. The number of nitrogens with zero attached hydrogens (tertiary/aromatic N) is 2. The van der Waals surface area contributed by atoms with Gasteiger partial charge in [-0.1, -0.05) is 0 Å². The molecule has 1 aliphatic carbocycles. The second kappa shape index (κ2) is 6.20. The van der Waals surface area contributed by atoms with Crippen LogP contribution in [0.3, 0.4) is 0 Å². The molecule has 7 nitrogen and oxygen atoms in total. The lowest BCUT2D eigenvalue weighted by Crippen LogP contribution is -2.55. The molecule has 25 heavy (non-hydrogen) atoms. The maximum atomic E-state index is 12.9. The van der Waals surface area contributed by atoms with Crippen LogP contribution >= 0.6 is 0 Å². The van der Waals surface area contributed by atoms with E-state index in [-0.39, 0.29) is 23.3 Å². The molecule has 1 saturated heterocycles. The molecule has 1 saturated carbocycles. The Labute approximate surface area is 147 Å². The molecule has 0 atom stereocenters. The Kier molecular flexibility index (Phi) is 4.34. The molecule has 0 bridgehead atoms. The van der Waals surface area contributed by atoms with E-state index >= 15 is 0 Å². The minimum atomic E-state index is -0.902. The standard InChI is InChI=1S/C18H25N3O4/c1-17(2,3)19-15(23)18(6-7-18)16(24)21-10-8-20(9-11-21)14(22)13-5-4-12-25-13/h4-5,12H,6-11H2,1-3H3,(H,19,23). The van der Waals surface area contributed by atoms with E-state index in [4.69, 9.17) is 4.42 Å². The van der Waals surface area contributed by atoms with E-state index in [1.807, 2.05) is 20.8 Å². The van der Waals surface area contributed by atoms with Crippen molar-refractivity contribution in [3.8, 4) is 0 Å². The Balaban J connectivity index is 1.58. The summed E-state index contributed by atoms with van der Waals surface area (Å²) < 4.78 is 5.14. The Morgan fingerprint density at radius 2 is 1.68 bits per heavy atom. The lowest BCUT2D eigenvalue weighted by atomic mass is 10.0. The Morgan fingerprint density at radius 1 is 1.08 bits per heavy atom. The minimum Gasteiger partial charge on any atom is -0.459 e. The number of rotatable bonds is 3. The number of carbonyl (C=O) groups is 3. The quantitative estimate of drug-likeness (QED) is 0.835. The smallest absolute Gasteiger partial charge is 0.289 e. The fraction of sp³-hybridized carbons (Fsp3) is 0.611. The summed E-state index contributed by atoms with van der Waals surface area (Å²) in [6.45, 7) is 7.50. The number of nitrogens with one attached hydrogen (secondary N) is 1. The summed E-state index contributed by atoms with van der Waals surface area (Å²) in [5.41, 5.74) is -1.26. The van der Waals surface area contributed by atoms with Gasteiger partial charge in [0.1, 0.15) is 5.41 Å². The summed E-state index contributed by atoms with van der Waals surface area (Å²) in [7, 11) is 0. The van der Waals surface area contributed by atoms with E-state index in [0.717, 1.165) is 0 Å². The third kappa shape index (κ3) is 3.55. The fourth-order valence-corrected chi connectivity index (χ4v) is 3.09. The highest BCUT2D eigenvalue weighted by Crippen LogP contribution is 2.48. The monoisotopic (exact) mass is 347 g/mol. The third-order valence-corrected chi connectivity index (χ3v) is 4.67. The molecule has 1 aliphatic heterocycles. The average Bonchev–Trinajstić information content (AvgIpc) is 3.19. The average molecular weight is 347 g/mol. The van der Waals surface area contributed by atoms with Crippen LogP contribution in [0, 0.1) is 5.41 Å². The minimum absolute atomic E-state index is 0.112. The van der Waals surface area contributed by atoms with E-state index < -0.39 is 5.41 Å². The first-order valence-electron chi connectivity index (χ1n) is 8.68. The zero-order chi connectivity index (χ0) is 18.2. The van der Waals surface area contributed by atoms with Gasteiger partial charge in [-0.25, -0.2) is 0 Å². The van der Waals surface area contributed by atoms with Crippen LogP contribution < -0.4 is 5.32 Å². The Morgan fingerprint density at radius 3 is 2.16 bits per heavy atom. The summed E-state index contributed by atoms with van der Waals surface area (Å²) in [5.74, 6) is -0.148. The molecule has 3 rings (SSSR count). The molecule has 2 aliphatic rings. The fourth-order valence-electron chi connectivity index (χ4n) is 3.09. The highest BCUT2D eigenvalue weighted by Gasteiger charge is 2.58. The van der Waals surface area contributed by atoms with Crippen LogP contribution in [0.5, 0.6) is 0 Å². The molecule has 136 valence electrons. The second-order valence-electron chi connectivity index (χ2n) is 7.85. The second-order valence-corrected chi connectivity index (χ2v) is 7.85. The molecule has 2 heterocycles. The van der Waals surface area contributed by atoms with Crippen LogP contribution in [0.1, 0.15) is 44.2 Å². The lowest BCUT2D eigenvalue weighted by Gasteiger charge is -2.36. The van der Waals surface area contributed by atoms with Gasteiger partial charge in [0.2, 0.25) is 11.8 Å². The van der Waals surface area contributed by atoms with E-state index in [2.05, 4.69) is 5.32 Å². The largest absolute Gasteiger partial charge is 0.459 e. The molecule has 0 spiro atoms. The van der Waals surface area contributed by atoms with Crippen molar-refractivity contribution in [3.63, 3.8) is 0 Å². The molecular formula is C18H25N3O4. The maximum absolute atomic E-state index is 12.9. The number of carbonyl (C=O) groups excluding carboxylic acids is 3. The van der Waals surface area contributed by atoms with Crippen molar-refractivity contribution < 1.29 is 18.8 Å². The van der Waals surface area contributed by atoms with Gasteiger partial charge in [-0.05, 0) is 45.7 Å². The number of amides is 3. The maximum Gasteiger partial charge on any atom is 0.289 e. The predicted octanol–water partition coefficient (Wildman–Crippen LogP) is 1.26. The van der Waals surface area contributed by atoms with Crippen molar-refractivity contribution in [2.45, 2.75) is 39.2 Å². The summed E-state index contributed by atoms with van der Waals surface area (Å²) in [5, 5.41) is 2.92. The highest BCUT2D eigenvalue weighted by atomic mass is 16.3. The number of piperazine rings is 1. The van der Waals surface area contributed by atoms with Gasteiger partial charge < -0.3 is 19.5 Å². The zero-order valence-electron chi connectivity index (χ0n) is 15.0. The van der Waals surface area contributed by atoms with Crippen molar-refractivity contribution in [1.29, 1.82) is 0 Å². The van der Waals surface area contributed by atoms with Crippen LogP contribution in [0.4, 0.5) is 0 Å². The number of furan rings is 1. The first-order chi connectivity index (χ1) is 11.7. The van der Waals surface area contributed by atoms with Gasteiger partial charge in [0, 0.05) is 31.7 Å². The molecule has 3 amide bonds. The Bertz CT molecular complexity index is 663. The van der Waals surface area contributed by atoms with Gasteiger partial charge >= 0.3 is 0 Å². The molecule has 2 fully saturated rings. The summed E-state index contributed by atoms with van der Waals surface area (Å²) in [6, 6.07) is 3.31. The molecule has 1 N–H and O–H groups in total. The van der Waals surface area contributed by atoms with E-state index in [9.17, 15) is 14.4 Å². The van der Waals surface area contributed by atoms with Gasteiger partial charge in [0.25, 0.3) is 5.91 Å². The van der Waals surface area contributed by atoms with Gasteiger partial charge in [-0.2, -0.15) is 0 Å². The van der Waals surface area contributed by atoms with Crippen molar-refractivity contribution in [2.24, 2.45) is 5.41 Å². The van der Waals surface area contributed by atoms with E-state index in [1.165, 1.54) is 6.26 Å². The van der Waals surface area contributed by atoms with Crippen molar-refractivity contribution in [1.82, 2.24) is 15.1 Å². The van der Waals surface area contributed by atoms with E-state index in [1.54, 1.807) is 21.9 Å². The molecule has 0 radical (unpaired) electrons. The van der Waals surface area contributed by atoms with Crippen molar-refractivity contribution in [3.05, 3.63) is 24.2 Å². The SMILES string of the molecule is CC(C)(C)NC(=O)C1(C(=O)N2CCN(C(=O)c3ccco3)CC2)CC1. The molecular weight excluding hydrogens is 322 g/mol. The molecule has 7 heteroatoms. The van der Waals surface area contributed by atoms with Gasteiger partial charge in [-0.3, -0.25) is 14.4 Å². The van der Waals surface area contributed by atoms with E-state index in [0.29, 0.717) is 44.8 Å². The third-order valence-electron chi connectivity index (χ3n) is 4.67. The van der Waals surface area contributed by atoms with Crippen LogP contribution in [-0.2, 0) is 9.59 Å². The summed E-state index contributed by atoms with van der Waals surface area (Å²) in [6.07, 6.45) is 2.66. The lowest BCUT2D eigenvalue weighted by molar-refractivity contribution is -0.145. The first-order valence-corrected chi connectivity index (χ1v) is 8.68. The van der Waals surface area contributed by atoms with Gasteiger partial charge in [0.15, 0.2) is 5.76 Å². The molecule has 1 aromatic rings. The molecule has 1 aromatic heterocycles. The number of hydrogen-bond acceptors (Lipinski definition) is 4. The van der Waals surface area contributed by atoms with Gasteiger partial charge in [0.05, 0.1) is 6.26 Å². The number of hydrogen-bond donors (Lipinski definition) is 1. The van der Waals surface area contributed by atoms with Crippen LogP contribution in [0.15, 0.2) is 22.8 Å². The predicted molar refractivity (Wildman–Crippen MR) is 90.8 cm³/mol. The van der Waals surface area contributed by atoms with Crippen LogP contribution in [0.2, 0.25) is 0 Å². The van der Waals surface area contributed by atoms with Crippen LogP contribution in [0.25, 0.3) is 0 Å².